The molecule has 0 aromatic carbocycles. The molecule has 6 nitrogen and oxygen atoms in total. The molecule has 0 aliphatic rings. The third kappa shape index (κ3) is 2.52. The van der Waals surface area contributed by atoms with Crippen LogP contribution < -0.4 is 5.32 Å². The summed E-state index contributed by atoms with van der Waals surface area (Å²) >= 11 is 0. The van der Waals surface area contributed by atoms with Gasteiger partial charge in [-0.2, -0.15) is 0 Å². The molecule has 19 heavy (non-hydrogen) atoms. The van der Waals surface area contributed by atoms with Crippen LogP contribution in [-0.4, -0.2) is 28.1 Å². The van der Waals surface area contributed by atoms with Crippen LogP contribution in [0.4, 0.5) is 5.69 Å². The lowest BCUT2D eigenvalue weighted by Crippen LogP contribution is -2.14. The molecule has 2 aromatic heterocycles. The molecule has 0 saturated carbocycles. The normalized spacial score (nSPS) is 10.3. The molecule has 100 valence electrons. The molecule has 0 atom stereocenters. The predicted octanol–water partition coefficient (Wildman–Crippen LogP) is 1.40. The number of ether oxygens (including phenoxy) is 1. The van der Waals surface area contributed by atoms with E-state index in [0.717, 1.165) is 0 Å². The first-order valence-corrected chi connectivity index (χ1v) is 5.70. The quantitative estimate of drug-likeness (QED) is 0.849. The van der Waals surface area contributed by atoms with Gasteiger partial charge in [-0.25, -0.2) is 4.79 Å². The standard InChI is InChI=1S/C13H15N3O3/c1-15-6-4-5-10(15)12(17)14-9-7-11(13(18)19-3)16(2)8-9/h4-8H,1-3H3,(H,14,17). The molecule has 0 aliphatic heterocycles. The third-order valence-corrected chi connectivity index (χ3v) is 2.83. The summed E-state index contributed by atoms with van der Waals surface area (Å²) in [6.07, 6.45) is 3.45. The number of esters is 1. The molecular weight excluding hydrogens is 246 g/mol. The highest BCUT2D eigenvalue weighted by molar-refractivity contribution is 6.03. The number of amides is 1. The molecule has 0 fully saturated rings. The number of carbonyl (C=O) groups is 2. The summed E-state index contributed by atoms with van der Waals surface area (Å²) in [6, 6.07) is 5.09. The van der Waals surface area contributed by atoms with E-state index < -0.39 is 5.97 Å². The average Bonchev–Trinajstić information content (AvgIpc) is 2.94. The van der Waals surface area contributed by atoms with Crippen molar-refractivity contribution in [1.29, 1.82) is 0 Å². The van der Waals surface area contributed by atoms with Crippen molar-refractivity contribution >= 4 is 17.6 Å². The zero-order chi connectivity index (χ0) is 14.0. The van der Waals surface area contributed by atoms with Crippen molar-refractivity contribution in [3.8, 4) is 0 Å². The Labute approximate surface area is 110 Å². The second kappa shape index (κ2) is 5.01. The van der Waals surface area contributed by atoms with Gasteiger partial charge in [-0.1, -0.05) is 0 Å². The van der Waals surface area contributed by atoms with E-state index in [-0.39, 0.29) is 5.91 Å². The van der Waals surface area contributed by atoms with Crippen LogP contribution >= 0.6 is 0 Å². The minimum atomic E-state index is -0.443. The fraction of sp³-hybridized carbons (Fsp3) is 0.231. The Hall–Kier alpha value is -2.50. The molecule has 0 saturated heterocycles. The summed E-state index contributed by atoms with van der Waals surface area (Å²) in [7, 11) is 4.82. The SMILES string of the molecule is COC(=O)c1cc(NC(=O)c2cccn2C)cn1C. The topological polar surface area (TPSA) is 65.3 Å². The van der Waals surface area contributed by atoms with E-state index in [1.807, 2.05) is 0 Å². The monoisotopic (exact) mass is 261 g/mol. The summed E-state index contributed by atoms with van der Waals surface area (Å²) < 4.78 is 7.98. The fourth-order valence-corrected chi connectivity index (χ4v) is 1.83. The maximum atomic E-state index is 12.0. The van der Waals surface area contributed by atoms with E-state index in [2.05, 4.69) is 10.1 Å². The zero-order valence-electron chi connectivity index (χ0n) is 11.0. The van der Waals surface area contributed by atoms with E-state index in [1.165, 1.54) is 7.11 Å². The number of carbonyl (C=O) groups excluding carboxylic acids is 2. The van der Waals surface area contributed by atoms with Crippen LogP contribution in [0.15, 0.2) is 30.6 Å². The Bertz CT molecular complexity index is 625. The summed E-state index contributed by atoms with van der Waals surface area (Å²) in [4.78, 5) is 23.5. The van der Waals surface area contributed by atoms with Gasteiger partial charge in [0.05, 0.1) is 12.8 Å². The maximum absolute atomic E-state index is 12.0. The molecule has 2 aromatic rings. The van der Waals surface area contributed by atoms with Gasteiger partial charge in [0, 0.05) is 26.5 Å². The summed E-state index contributed by atoms with van der Waals surface area (Å²) in [6.45, 7) is 0. The third-order valence-electron chi connectivity index (χ3n) is 2.83. The van der Waals surface area contributed by atoms with Gasteiger partial charge in [0.2, 0.25) is 0 Å². The first-order valence-electron chi connectivity index (χ1n) is 5.70. The second-order valence-corrected chi connectivity index (χ2v) is 4.17. The van der Waals surface area contributed by atoms with Crippen molar-refractivity contribution < 1.29 is 14.3 Å². The highest BCUT2D eigenvalue weighted by atomic mass is 16.5. The number of nitrogens with one attached hydrogen (secondary N) is 1. The van der Waals surface area contributed by atoms with Crippen LogP contribution in [0.3, 0.4) is 0 Å². The van der Waals surface area contributed by atoms with Crippen LogP contribution in [0, 0.1) is 0 Å². The number of aryl methyl sites for hydroxylation is 2. The zero-order valence-corrected chi connectivity index (χ0v) is 11.0. The number of anilines is 1. The minimum absolute atomic E-state index is 0.227. The van der Waals surface area contributed by atoms with Crippen molar-refractivity contribution in [2.24, 2.45) is 14.1 Å². The number of methoxy groups -OCH3 is 1. The Kier molecular flexibility index (Phi) is 3.41. The van der Waals surface area contributed by atoms with Crippen LogP contribution in [0.5, 0.6) is 0 Å². The van der Waals surface area contributed by atoms with Gasteiger partial charge in [-0.05, 0) is 18.2 Å². The maximum Gasteiger partial charge on any atom is 0.354 e. The van der Waals surface area contributed by atoms with E-state index in [4.69, 9.17) is 0 Å². The summed E-state index contributed by atoms with van der Waals surface area (Å²) in [5.74, 6) is -0.670. The van der Waals surface area contributed by atoms with Gasteiger partial charge in [-0.3, -0.25) is 4.79 Å². The van der Waals surface area contributed by atoms with Crippen LogP contribution in [-0.2, 0) is 18.8 Å². The highest BCUT2D eigenvalue weighted by Gasteiger charge is 2.14. The fourth-order valence-electron chi connectivity index (χ4n) is 1.83. The molecule has 1 amide bonds. The van der Waals surface area contributed by atoms with Crippen molar-refractivity contribution in [3.63, 3.8) is 0 Å². The van der Waals surface area contributed by atoms with Crippen LogP contribution in [0.25, 0.3) is 0 Å². The minimum Gasteiger partial charge on any atom is -0.464 e. The molecule has 6 heteroatoms. The first kappa shape index (κ1) is 12.9. The lowest BCUT2D eigenvalue weighted by molar-refractivity contribution is 0.0590. The molecule has 2 rings (SSSR count). The molecule has 1 N–H and O–H groups in total. The number of nitrogens with zero attached hydrogens (tertiary/aromatic N) is 2. The lowest BCUT2D eigenvalue weighted by Gasteiger charge is -2.03. The molecule has 0 bridgehead atoms. The smallest absolute Gasteiger partial charge is 0.354 e. The Morgan fingerprint density at radius 2 is 1.95 bits per heavy atom. The number of aromatic nitrogens is 2. The largest absolute Gasteiger partial charge is 0.464 e. The van der Waals surface area contributed by atoms with Crippen molar-refractivity contribution in [1.82, 2.24) is 9.13 Å². The lowest BCUT2D eigenvalue weighted by atomic mass is 10.3. The van der Waals surface area contributed by atoms with Gasteiger partial charge in [0.25, 0.3) is 5.91 Å². The Balaban J connectivity index is 2.19. The van der Waals surface area contributed by atoms with Gasteiger partial charge in [0.1, 0.15) is 11.4 Å². The average molecular weight is 261 g/mol. The van der Waals surface area contributed by atoms with Crippen molar-refractivity contribution in [3.05, 3.63) is 42.0 Å². The summed E-state index contributed by atoms with van der Waals surface area (Å²) in [5, 5.41) is 2.74. The number of rotatable bonds is 3. The molecule has 0 spiro atoms. The van der Waals surface area contributed by atoms with Crippen LogP contribution in [0.2, 0.25) is 0 Å². The Morgan fingerprint density at radius 3 is 2.53 bits per heavy atom. The first-order chi connectivity index (χ1) is 9.02. The van der Waals surface area contributed by atoms with Crippen molar-refractivity contribution in [2.45, 2.75) is 0 Å². The molecular formula is C13H15N3O3. The molecule has 0 unspecified atom stereocenters. The highest BCUT2D eigenvalue weighted by Crippen LogP contribution is 2.15. The second-order valence-electron chi connectivity index (χ2n) is 4.17. The van der Waals surface area contributed by atoms with Gasteiger partial charge in [0.15, 0.2) is 0 Å². The van der Waals surface area contributed by atoms with E-state index in [9.17, 15) is 9.59 Å². The van der Waals surface area contributed by atoms with E-state index >= 15 is 0 Å². The molecule has 2 heterocycles. The van der Waals surface area contributed by atoms with E-state index in [0.29, 0.717) is 17.1 Å². The number of hydrogen-bond donors (Lipinski definition) is 1. The molecule has 0 radical (unpaired) electrons. The number of hydrogen-bond acceptors (Lipinski definition) is 3. The Morgan fingerprint density at radius 1 is 1.21 bits per heavy atom. The van der Waals surface area contributed by atoms with Crippen LogP contribution in [0.1, 0.15) is 21.0 Å². The van der Waals surface area contributed by atoms with Gasteiger partial charge < -0.3 is 19.2 Å². The molecule has 0 aliphatic carbocycles. The van der Waals surface area contributed by atoms with Gasteiger partial charge >= 0.3 is 5.97 Å². The van der Waals surface area contributed by atoms with Gasteiger partial charge in [-0.15, -0.1) is 0 Å². The van der Waals surface area contributed by atoms with Crippen molar-refractivity contribution in [2.75, 3.05) is 12.4 Å². The van der Waals surface area contributed by atoms with E-state index in [1.54, 1.807) is 53.8 Å². The predicted molar refractivity (Wildman–Crippen MR) is 70.1 cm³/mol. The summed E-state index contributed by atoms with van der Waals surface area (Å²) in [5.41, 5.74) is 1.47.